The van der Waals surface area contributed by atoms with E-state index in [4.69, 9.17) is 23.7 Å². The molecule has 0 aromatic heterocycles. The van der Waals surface area contributed by atoms with E-state index < -0.39 is 36.8 Å². The molecule has 0 spiro atoms. The minimum atomic E-state index is -4.76. The molecule has 288 valence electrons. The fraction of sp³-hybridized carbons (Fsp3) is 0.450. The van der Waals surface area contributed by atoms with Crippen molar-refractivity contribution in [2.24, 2.45) is 0 Å². The van der Waals surface area contributed by atoms with Crippen molar-refractivity contribution in [1.29, 1.82) is 0 Å². The zero-order valence-electron chi connectivity index (χ0n) is 30.0. The van der Waals surface area contributed by atoms with Crippen molar-refractivity contribution in [2.45, 2.75) is 103 Å². The van der Waals surface area contributed by atoms with Crippen molar-refractivity contribution in [1.82, 2.24) is 0 Å². The van der Waals surface area contributed by atoms with Gasteiger partial charge in [0.1, 0.15) is 17.2 Å². The lowest BCUT2D eigenvalue weighted by atomic mass is 9.98. The molecule has 0 aliphatic carbocycles. The molecule has 0 heterocycles. The van der Waals surface area contributed by atoms with E-state index in [1.807, 2.05) is 6.92 Å². The number of carbonyl (C=O) groups is 4. The number of benzene rings is 3. The molecule has 3 aromatic carbocycles. The minimum absolute atomic E-state index is 0.0399. The number of hydrogen-bond acceptors (Lipinski definition) is 10. The van der Waals surface area contributed by atoms with Crippen LogP contribution in [0.15, 0.2) is 66.7 Å². The third-order valence-electron chi connectivity index (χ3n) is 8.16. The van der Waals surface area contributed by atoms with Crippen LogP contribution in [0.1, 0.15) is 112 Å². The highest BCUT2D eigenvalue weighted by atomic mass is 19.4. The van der Waals surface area contributed by atoms with Crippen LogP contribution in [-0.2, 0) is 14.3 Å². The van der Waals surface area contributed by atoms with E-state index in [2.05, 4.69) is 6.92 Å². The first kappa shape index (κ1) is 42.5. The Labute approximate surface area is 307 Å². The summed E-state index contributed by atoms with van der Waals surface area (Å²) in [4.78, 5) is 49.2. The maximum absolute atomic E-state index is 13.6. The molecule has 0 bridgehead atoms. The van der Waals surface area contributed by atoms with Crippen molar-refractivity contribution in [3.63, 3.8) is 0 Å². The second-order valence-electron chi connectivity index (χ2n) is 12.3. The highest BCUT2D eigenvalue weighted by Gasteiger charge is 2.42. The predicted octanol–water partition coefficient (Wildman–Crippen LogP) is 9.03. The van der Waals surface area contributed by atoms with E-state index in [9.17, 15) is 37.5 Å². The molecule has 53 heavy (non-hydrogen) atoms. The summed E-state index contributed by atoms with van der Waals surface area (Å²) >= 11 is 0. The van der Waals surface area contributed by atoms with Crippen molar-refractivity contribution in [2.75, 3.05) is 13.2 Å². The molecule has 3 aromatic rings. The van der Waals surface area contributed by atoms with Gasteiger partial charge in [-0.25, -0.2) is 9.59 Å². The first-order valence-electron chi connectivity index (χ1n) is 17.9. The van der Waals surface area contributed by atoms with Gasteiger partial charge < -0.3 is 33.6 Å². The predicted molar refractivity (Wildman–Crippen MR) is 188 cm³/mol. The Balaban J connectivity index is 1.58. The Bertz CT molecular complexity index is 1600. The van der Waals surface area contributed by atoms with E-state index in [1.54, 1.807) is 0 Å². The summed E-state index contributed by atoms with van der Waals surface area (Å²) in [5, 5.41) is 11.9. The SMILES string of the molecule is CCCCCCCCCC(=O)Oc1ccc(OC(=O)Oc2ccc(C(=O)[O-])c(-c3ccc(C(=O)O[C@H](CCCCCOCC)C(F)(F)F)cc3)c2)cc1. The number of carboxylic acid groups (broad SMARTS) is 1. The number of halogens is 3. The van der Waals surface area contributed by atoms with Crippen LogP contribution < -0.4 is 19.3 Å². The molecule has 0 aliphatic heterocycles. The second-order valence-corrected chi connectivity index (χ2v) is 12.3. The fourth-order valence-corrected chi connectivity index (χ4v) is 5.33. The third-order valence-corrected chi connectivity index (χ3v) is 8.16. The molecule has 0 saturated heterocycles. The van der Waals surface area contributed by atoms with Gasteiger partial charge in [-0.05, 0) is 98.3 Å². The average molecular weight is 744 g/mol. The van der Waals surface area contributed by atoms with Crippen molar-refractivity contribution in [3.8, 4) is 28.4 Å². The van der Waals surface area contributed by atoms with Crippen LogP contribution in [0.25, 0.3) is 11.1 Å². The number of carbonyl (C=O) groups excluding carboxylic acids is 4. The van der Waals surface area contributed by atoms with Gasteiger partial charge in [-0.15, -0.1) is 0 Å². The van der Waals surface area contributed by atoms with Gasteiger partial charge >= 0.3 is 24.3 Å². The van der Waals surface area contributed by atoms with Crippen LogP contribution in [0.5, 0.6) is 17.2 Å². The van der Waals surface area contributed by atoms with Crippen molar-refractivity contribution >= 4 is 24.1 Å². The number of ether oxygens (including phenoxy) is 5. The lowest BCUT2D eigenvalue weighted by Crippen LogP contribution is -2.33. The Morgan fingerprint density at radius 2 is 1.28 bits per heavy atom. The number of rotatable bonds is 22. The number of carboxylic acids is 1. The van der Waals surface area contributed by atoms with Gasteiger partial charge in [0.2, 0.25) is 0 Å². The molecular formula is C40H46F3O10-. The summed E-state index contributed by atoms with van der Waals surface area (Å²) in [7, 11) is 0. The number of hydrogen-bond donors (Lipinski definition) is 0. The van der Waals surface area contributed by atoms with Gasteiger partial charge in [0.15, 0.2) is 6.10 Å². The van der Waals surface area contributed by atoms with Crippen molar-refractivity contribution < 1.29 is 61.1 Å². The molecule has 0 aliphatic rings. The monoisotopic (exact) mass is 743 g/mol. The van der Waals surface area contributed by atoms with Crippen molar-refractivity contribution in [3.05, 3.63) is 77.9 Å². The molecule has 0 saturated carbocycles. The van der Waals surface area contributed by atoms with Crippen LogP contribution >= 0.6 is 0 Å². The Morgan fingerprint density at radius 3 is 1.91 bits per heavy atom. The zero-order chi connectivity index (χ0) is 38.6. The Hall–Kier alpha value is -4.91. The molecule has 13 heteroatoms. The summed E-state index contributed by atoms with van der Waals surface area (Å²) in [5.74, 6) is -2.82. The molecule has 0 N–H and O–H groups in total. The van der Waals surface area contributed by atoms with Crippen LogP contribution in [-0.4, -0.2) is 49.6 Å². The van der Waals surface area contributed by atoms with E-state index in [-0.39, 0.29) is 51.9 Å². The summed E-state index contributed by atoms with van der Waals surface area (Å²) in [5.41, 5.74) is -0.185. The third kappa shape index (κ3) is 15.3. The molecule has 10 nitrogen and oxygen atoms in total. The molecule has 0 amide bonds. The Morgan fingerprint density at radius 1 is 0.698 bits per heavy atom. The second kappa shape index (κ2) is 22.2. The molecule has 3 rings (SSSR count). The summed E-state index contributed by atoms with van der Waals surface area (Å²) in [6.45, 7) is 4.93. The first-order valence-corrected chi connectivity index (χ1v) is 17.9. The summed E-state index contributed by atoms with van der Waals surface area (Å²) in [6.07, 6.45) is 0.486. The normalized spacial score (nSPS) is 11.8. The lowest BCUT2D eigenvalue weighted by molar-refractivity contribution is -0.255. The summed E-state index contributed by atoms with van der Waals surface area (Å²) < 4.78 is 66.6. The maximum atomic E-state index is 13.6. The van der Waals surface area contributed by atoms with Crippen LogP contribution in [0.4, 0.5) is 18.0 Å². The van der Waals surface area contributed by atoms with Gasteiger partial charge in [0.25, 0.3) is 0 Å². The maximum Gasteiger partial charge on any atom is 0.519 e. The molecular weight excluding hydrogens is 697 g/mol. The number of esters is 2. The fourth-order valence-electron chi connectivity index (χ4n) is 5.33. The first-order chi connectivity index (χ1) is 25.4. The van der Waals surface area contributed by atoms with Crippen LogP contribution in [0.2, 0.25) is 0 Å². The van der Waals surface area contributed by atoms with Gasteiger partial charge in [-0.1, -0.05) is 64.0 Å². The van der Waals surface area contributed by atoms with Crippen LogP contribution in [0.3, 0.4) is 0 Å². The van der Waals surface area contributed by atoms with Gasteiger partial charge in [-0.2, -0.15) is 13.2 Å². The number of alkyl halides is 3. The lowest BCUT2D eigenvalue weighted by Gasteiger charge is -2.21. The largest absolute Gasteiger partial charge is 0.545 e. The minimum Gasteiger partial charge on any atom is -0.545 e. The highest BCUT2D eigenvalue weighted by molar-refractivity contribution is 5.96. The number of unbranched alkanes of at least 4 members (excludes halogenated alkanes) is 8. The smallest absolute Gasteiger partial charge is 0.519 e. The molecule has 0 radical (unpaired) electrons. The van der Waals surface area contributed by atoms with E-state index >= 15 is 0 Å². The van der Waals surface area contributed by atoms with E-state index in [1.165, 1.54) is 79.9 Å². The summed E-state index contributed by atoms with van der Waals surface area (Å²) in [6, 6.07) is 14.4. The standard InChI is InChI=1S/C40H47F3O10/c1-3-5-6-7-8-9-12-15-36(44)50-30-20-22-31(23-21-30)51-39(48)52-32-24-25-33(37(45)46)34(27-32)28-16-18-29(19-17-28)38(47)53-35(40(41,42)43)14-11-10-13-26-49-4-2/h16-25,27,35H,3-15,26H2,1-2H3,(H,45,46)/p-1/t35-/m1/s1. The topological polar surface area (TPSA) is 137 Å². The van der Waals surface area contributed by atoms with E-state index in [0.29, 0.717) is 32.5 Å². The number of aromatic carboxylic acids is 1. The average Bonchev–Trinajstić information content (AvgIpc) is 3.12. The Kier molecular flexibility index (Phi) is 17.8. The van der Waals surface area contributed by atoms with E-state index in [0.717, 1.165) is 31.7 Å². The van der Waals surface area contributed by atoms with Gasteiger partial charge in [-0.3, -0.25) is 4.79 Å². The van der Waals surface area contributed by atoms with Crippen LogP contribution in [0, 0.1) is 0 Å². The zero-order valence-corrected chi connectivity index (χ0v) is 30.0. The quantitative estimate of drug-likeness (QED) is 0.0424. The molecule has 0 unspecified atom stereocenters. The molecule has 1 atom stereocenters. The molecule has 0 fully saturated rings. The highest BCUT2D eigenvalue weighted by Crippen LogP contribution is 2.31. The van der Waals surface area contributed by atoms with Gasteiger partial charge in [0, 0.05) is 25.2 Å². The van der Waals surface area contributed by atoms with Gasteiger partial charge in [0.05, 0.1) is 11.5 Å².